The summed E-state index contributed by atoms with van der Waals surface area (Å²) in [5.41, 5.74) is 6.25. The first-order valence-corrected chi connectivity index (χ1v) is 6.78. The second-order valence-corrected chi connectivity index (χ2v) is 6.13. The highest BCUT2D eigenvalue weighted by atomic mass is 14.9. The van der Waals surface area contributed by atoms with E-state index < -0.39 is 0 Å². The predicted molar refractivity (Wildman–Crippen MR) is 74.3 cm³/mol. The van der Waals surface area contributed by atoms with Gasteiger partial charge in [-0.05, 0) is 61.3 Å². The van der Waals surface area contributed by atoms with Crippen LogP contribution in [0.25, 0.3) is 0 Å². The Morgan fingerprint density at radius 2 is 1.71 bits per heavy atom. The van der Waals surface area contributed by atoms with E-state index in [-0.39, 0.29) is 0 Å². The zero-order valence-electron chi connectivity index (χ0n) is 11.7. The van der Waals surface area contributed by atoms with E-state index in [1.165, 1.54) is 48.1 Å². The Kier molecular flexibility index (Phi) is 3.58. The summed E-state index contributed by atoms with van der Waals surface area (Å²) in [7, 11) is 0. The number of aryl methyl sites for hydroxylation is 3. The summed E-state index contributed by atoms with van der Waals surface area (Å²) in [5.74, 6) is 0. The van der Waals surface area contributed by atoms with Crippen LogP contribution in [0.2, 0.25) is 0 Å². The maximum absolute atomic E-state index is 3.63. The smallest absolute Gasteiger partial charge is 0.0208 e. The molecule has 1 N–H and O–H groups in total. The van der Waals surface area contributed by atoms with Crippen LogP contribution in [0.4, 0.5) is 0 Å². The zero-order chi connectivity index (χ0) is 12.5. The molecule has 1 aliphatic rings. The van der Waals surface area contributed by atoms with Crippen molar-refractivity contribution in [2.45, 2.75) is 53.5 Å². The molecule has 0 atom stereocenters. The van der Waals surface area contributed by atoms with Gasteiger partial charge in [-0.3, -0.25) is 0 Å². The van der Waals surface area contributed by atoms with E-state index in [0.717, 1.165) is 6.54 Å². The Bertz CT molecular complexity index is 402. The molecule has 1 saturated carbocycles. The van der Waals surface area contributed by atoms with Crippen LogP contribution in [-0.4, -0.2) is 6.54 Å². The first kappa shape index (κ1) is 12.6. The van der Waals surface area contributed by atoms with Gasteiger partial charge in [0.2, 0.25) is 0 Å². The lowest BCUT2D eigenvalue weighted by Crippen LogP contribution is -2.37. The molecular formula is C16H25N. The maximum atomic E-state index is 3.63. The summed E-state index contributed by atoms with van der Waals surface area (Å²) < 4.78 is 0. The molecule has 1 fully saturated rings. The minimum Gasteiger partial charge on any atom is -0.312 e. The second kappa shape index (κ2) is 4.81. The molecule has 1 heteroatoms. The lowest BCUT2D eigenvalue weighted by atomic mass is 9.70. The minimum atomic E-state index is 0.577. The molecular weight excluding hydrogens is 206 g/mol. The SMILES string of the molecule is Cc1cc(C)c(CNCC2(C)CCC2)cc1C. The van der Waals surface area contributed by atoms with Gasteiger partial charge in [-0.1, -0.05) is 25.5 Å². The van der Waals surface area contributed by atoms with Crippen LogP contribution in [0.3, 0.4) is 0 Å². The maximum Gasteiger partial charge on any atom is 0.0208 e. The van der Waals surface area contributed by atoms with Crippen molar-refractivity contribution in [2.75, 3.05) is 6.54 Å². The molecule has 17 heavy (non-hydrogen) atoms. The lowest BCUT2D eigenvalue weighted by molar-refractivity contribution is 0.156. The van der Waals surface area contributed by atoms with E-state index in [4.69, 9.17) is 0 Å². The molecule has 1 aliphatic carbocycles. The second-order valence-electron chi connectivity index (χ2n) is 6.13. The zero-order valence-corrected chi connectivity index (χ0v) is 11.7. The van der Waals surface area contributed by atoms with Gasteiger partial charge in [0.05, 0.1) is 0 Å². The molecule has 0 aliphatic heterocycles. The fourth-order valence-electron chi connectivity index (χ4n) is 2.67. The van der Waals surface area contributed by atoms with Crippen molar-refractivity contribution in [1.29, 1.82) is 0 Å². The third kappa shape index (κ3) is 2.90. The molecule has 0 unspecified atom stereocenters. The molecule has 1 aromatic carbocycles. The topological polar surface area (TPSA) is 12.0 Å². The summed E-state index contributed by atoms with van der Waals surface area (Å²) in [6.07, 6.45) is 4.21. The van der Waals surface area contributed by atoms with E-state index in [0.29, 0.717) is 5.41 Å². The summed E-state index contributed by atoms with van der Waals surface area (Å²) in [4.78, 5) is 0. The van der Waals surface area contributed by atoms with Crippen molar-refractivity contribution in [3.05, 3.63) is 34.4 Å². The molecule has 0 radical (unpaired) electrons. The van der Waals surface area contributed by atoms with E-state index in [1.54, 1.807) is 0 Å². The van der Waals surface area contributed by atoms with E-state index in [1.807, 2.05) is 0 Å². The van der Waals surface area contributed by atoms with Crippen LogP contribution >= 0.6 is 0 Å². The molecule has 2 rings (SSSR count). The molecule has 0 amide bonds. The molecule has 0 heterocycles. The van der Waals surface area contributed by atoms with E-state index >= 15 is 0 Å². The first-order valence-electron chi connectivity index (χ1n) is 6.78. The van der Waals surface area contributed by atoms with Gasteiger partial charge in [-0.25, -0.2) is 0 Å². The Morgan fingerprint density at radius 3 is 2.29 bits per heavy atom. The van der Waals surface area contributed by atoms with Gasteiger partial charge in [-0.15, -0.1) is 0 Å². The molecule has 1 nitrogen and oxygen atoms in total. The Balaban J connectivity index is 1.92. The van der Waals surface area contributed by atoms with Crippen LogP contribution < -0.4 is 5.32 Å². The van der Waals surface area contributed by atoms with Crippen LogP contribution in [0.15, 0.2) is 12.1 Å². The average Bonchev–Trinajstić information content (AvgIpc) is 2.23. The molecule has 94 valence electrons. The predicted octanol–water partition coefficient (Wildman–Crippen LogP) is 3.89. The van der Waals surface area contributed by atoms with Crippen molar-refractivity contribution in [2.24, 2.45) is 5.41 Å². The summed E-state index contributed by atoms with van der Waals surface area (Å²) in [5, 5.41) is 3.63. The monoisotopic (exact) mass is 231 g/mol. The Labute approximate surface area is 106 Å². The van der Waals surface area contributed by atoms with Gasteiger partial charge in [0.15, 0.2) is 0 Å². The number of benzene rings is 1. The van der Waals surface area contributed by atoms with E-state index in [9.17, 15) is 0 Å². The van der Waals surface area contributed by atoms with Crippen molar-refractivity contribution < 1.29 is 0 Å². The summed E-state index contributed by atoms with van der Waals surface area (Å²) in [6, 6.07) is 4.64. The van der Waals surface area contributed by atoms with Crippen molar-refractivity contribution in [3.63, 3.8) is 0 Å². The van der Waals surface area contributed by atoms with E-state index in [2.05, 4.69) is 45.1 Å². The normalized spacial score (nSPS) is 17.9. The average molecular weight is 231 g/mol. The van der Waals surface area contributed by atoms with Gasteiger partial charge in [-0.2, -0.15) is 0 Å². The largest absolute Gasteiger partial charge is 0.312 e. The fraction of sp³-hybridized carbons (Fsp3) is 0.625. The quantitative estimate of drug-likeness (QED) is 0.829. The third-order valence-electron chi connectivity index (χ3n) is 4.38. The number of hydrogen-bond donors (Lipinski definition) is 1. The third-order valence-corrected chi connectivity index (χ3v) is 4.38. The minimum absolute atomic E-state index is 0.577. The van der Waals surface area contributed by atoms with Gasteiger partial charge < -0.3 is 5.32 Å². The van der Waals surface area contributed by atoms with Crippen molar-refractivity contribution in [3.8, 4) is 0 Å². The van der Waals surface area contributed by atoms with Gasteiger partial charge in [0.1, 0.15) is 0 Å². The number of rotatable bonds is 4. The Hall–Kier alpha value is -0.820. The lowest BCUT2D eigenvalue weighted by Gasteiger charge is -2.38. The van der Waals surface area contributed by atoms with Crippen molar-refractivity contribution in [1.82, 2.24) is 5.32 Å². The van der Waals surface area contributed by atoms with Crippen LogP contribution in [0.5, 0.6) is 0 Å². The van der Waals surface area contributed by atoms with Crippen LogP contribution in [0.1, 0.15) is 48.4 Å². The number of nitrogens with one attached hydrogen (secondary N) is 1. The molecule has 0 aromatic heterocycles. The van der Waals surface area contributed by atoms with Gasteiger partial charge in [0.25, 0.3) is 0 Å². The highest BCUT2D eigenvalue weighted by molar-refractivity contribution is 5.36. The fourth-order valence-corrected chi connectivity index (χ4v) is 2.67. The first-order chi connectivity index (χ1) is 8.00. The van der Waals surface area contributed by atoms with Gasteiger partial charge >= 0.3 is 0 Å². The molecule has 1 aromatic rings. The standard InChI is InChI=1S/C16H25N/c1-12-8-14(3)15(9-13(12)2)10-17-11-16(4)6-5-7-16/h8-9,17H,5-7,10-11H2,1-4H3. The molecule has 0 spiro atoms. The summed E-state index contributed by atoms with van der Waals surface area (Å²) in [6.45, 7) is 11.2. The highest BCUT2D eigenvalue weighted by Crippen LogP contribution is 2.39. The Morgan fingerprint density at radius 1 is 1.06 bits per heavy atom. The highest BCUT2D eigenvalue weighted by Gasteiger charge is 2.30. The summed E-state index contributed by atoms with van der Waals surface area (Å²) >= 11 is 0. The number of hydrogen-bond acceptors (Lipinski definition) is 1. The van der Waals surface area contributed by atoms with Crippen LogP contribution in [0, 0.1) is 26.2 Å². The van der Waals surface area contributed by atoms with Crippen molar-refractivity contribution >= 4 is 0 Å². The molecule has 0 bridgehead atoms. The molecule has 0 saturated heterocycles. The van der Waals surface area contributed by atoms with Gasteiger partial charge in [0, 0.05) is 13.1 Å². The van der Waals surface area contributed by atoms with Crippen LogP contribution in [-0.2, 0) is 6.54 Å².